The zero-order valence-electron chi connectivity index (χ0n) is 9.46. The van der Waals surface area contributed by atoms with Crippen LogP contribution in [0.5, 0.6) is 0 Å². The van der Waals surface area contributed by atoms with Gasteiger partial charge < -0.3 is 10.3 Å². The van der Waals surface area contributed by atoms with E-state index >= 15 is 0 Å². The Morgan fingerprint density at radius 3 is 3.06 bits per heavy atom. The molecule has 17 heavy (non-hydrogen) atoms. The smallest absolute Gasteiger partial charge is 0.260 e. The number of nitrogens with zero attached hydrogens (tertiary/aromatic N) is 2. The van der Waals surface area contributed by atoms with Gasteiger partial charge in [0.2, 0.25) is 0 Å². The van der Waals surface area contributed by atoms with Crippen LogP contribution >= 0.6 is 0 Å². The maximum absolute atomic E-state index is 12.4. The van der Waals surface area contributed by atoms with E-state index in [2.05, 4.69) is 15.3 Å². The second-order valence-electron chi connectivity index (χ2n) is 4.66. The van der Waals surface area contributed by atoms with Crippen molar-refractivity contribution in [2.24, 2.45) is 5.92 Å². The first kappa shape index (κ1) is 11.2. The third-order valence-electron chi connectivity index (χ3n) is 3.69. The van der Waals surface area contributed by atoms with E-state index in [-0.39, 0.29) is 11.1 Å². The zero-order valence-corrected chi connectivity index (χ0v) is 10.3. The number of aromatic amines is 1. The van der Waals surface area contributed by atoms with Crippen LogP contribution in [0.3, 0.4) is 0 Å². The van der Waals surface area contributed by atoms with Crippen molar-refractivity contribution in [1.29, 1.82) is 0 Å². The molecular weight excluding hydrogens is 240 g/mol. The molecule has 1 aromatic heterocycles. The fourth-order valence-electron chi connectivity index (χ4n) is 2.83. The molecule has 0 aromatic carbocycles. The lowest BCUT2D eigenvalue weighted by Crippen LogP contribution is -2.48. The number of imidazole rings is 1. The highest BCUT2D eigenvalue weighted by molar-refractivity contribution is 7.89. The van der Waals surface area contributed by atoms with E-state index in [0.29, 0.717) is 12.5 Å². The van der Waals surface area contributed by atoms with Crippen molar-refractivity contribution in [3.05, 3.63) is 12.5 Å². The highest BCUT2D eigenvalue weighted by Gasteiger charge is 2.41. The molecule has 2 saturated heterocycles. The number of hydrogen-bond acceptors (Lipinski definition) is 4. The average Bonchev–Trinajstić information content (AvgIpc) is 2.99. The molecule has 0 spiro atoms. The summed E-state index contributed by atoms with van der Waals surface area (Å²) in [4.78, 5) is 6.49. The van der Waals surface area contributed by atoms with Crippen LogP contribution in [0.15, 0.2) is 17.6 Å². The lowest BCUT2D eigenvalue weighted by atomic mass is 9.94. The van der Waals surface area contributed by atoms with Crippen molar-refractivity contribution in [2.75, 3.05) is 19.6 Å². The molecule has 0 bridgehead atoms. The van der Waals surface area contributed by atoms with Crippen LogP contribution in [0.4, 0.5) is 0 Å². The summed E-state index contributed by atoms with van der Waals surface area (Å²) in [5.74, 6) is 0.460. The van der Waals surface area contributed by atoms with E-state index in [0.717, 1.165) is 25.9 Å². The van der Waals surface area contributed by atoms with E-state index < -0.39 is 10.0 Å². The van der Waals surface area contributed by atoms with Crippen LogP contribution in [0, 0.1) is 5.92 Å². The molecule has 0 aliphatic carbocycles. The van der Waals surface area contributed by atoms with Gasteiger partial charge in [-0.05, 0) is 25.3 Å². The molecule has 2 aliphatic rings. The van der Waals surface area contributed by atoms with Gasteiger partial charge >= 0.3 is 0 Å². The minimum absolute atomic E-state index is 0.108. The van der Waals surface area contributed by atoms with Crippen molar-refractivity contribution in [2.45, 2.75) is 23.9 Å². The first-order chi connectivity index (χ1) is 8.19. The molecule has 7 heteroatoms. The Hall–Kier alpha value is -0.920. The predicted molar refractivity (Wildman–Crippen MR) is 61.9 cm³/mol. The molecule has 0 amide bonds. The van der Waals surface area contributed by atoms with Crippen LogP contribution in [-0.2, 0) is 10.0 Å². The number of H-pyrrole nitrogens is 1. The Morgan fingerprint density at radius 2 is 2.29 bits per heavy atom. The molecule has 3 rings (SSSR count). The highest BCUT2D eigenvalue weighted by atomic mass is 32.2. The Balaban J connectivity index is 1.93. The number of sulfonamides is 1. The van der Waals surface area contributed by atoms with Gasteiger partial charge in [0, 0.05) is 19.1 Å². The summed E-state index contributed by atoms with van der Waals surface area (Å²) < 4.78 is 26.5. The van der Waals surface area contributed by atoms with Gasteiger partial charge in [0.1, 0.15) is 0 Å². The average molecular weight is 256 g/mol. The Bertz CT molecular complexity index is 484. The second kappa shape index (κ2) is 4.08. The van der Waals surface area contributed by atoms with Crippen molar-refractivity contribution in [3.8, 4) is 0 Å². The maximum atomic E-state index is 12.4. The van der Waals surface area contributed by atoms with Gasteiger partial charge in [0.15, 0.2) is 5.03 Å². The van der Waals surface area contributed by atoms with Gasteiger partial charge in [-0.2, -0.15) is 4.31 Å². The summed E-state index contributed by atoms with van der Waals surface area (Å²) in [6, 6.07) is 0.108. The normalized spacial score (nSPS) is 30.4. The van der Waals surface area contributed by atoms with Crippen LogP contribution in [0.2, 0.25) is 0 Å². The summed E-state index contributed by atoms with van der Waals surface area (Å²) in [6.07, 6.45) is 4.84. The first-order valence-corrected chi connectivity index (χ1v) is 7.34. The van der Waals surface area contributed by atoms with Crippen molar-refractivity contribution >= 4 is 10.0 Å². The number of fused-ring (bicyclic) bond motifs is 1. The molecule has 0 radical (unpaired) electrons. The molecule has 0 saturated carbocycles. The van der Waals surface area contributed by atoms with Gasteiger partial charge in [0.05, 0.1) is 12.5 Å². The highest BCUT2D eigenvalue weighted by Crippen LogP contribution is 2.30. The third kappa shape index (κ3) is 1.78. The predicted octanol–water partition coefficient (Wildman–Crippen LogP) is -0.218. The SMILES string of the molecule is O=S(=O)(c1cnc[nH]1)N1CCCC2CNCC21. The third-order valence-corrected chi connectivity index (χ3v) is 5.54. The molecular formula is C10H16N4O2S. The zero-order chi connectivity index (χ0) is 11.9. The standard InChI is InChI=1S/C10H16N4O2S/c15-17(16,10-6-12-7-13-10)14-3-1-2-8-4-11-5-9(8)14/h6-9,11H,1-5H2,(H,12,13). The number of hydrogen-bond donors (Lipinski definition) is 2. The second-order valence-corrected chi connectivity index (χ2v) is 6.52. The fraction of sp³-hybridized carbons (Fsp3) is 0.700. The number of rotatable bonds is 2. The Morgan fingerprint density at radius 1 is 1.41 bits per heavy atom. The van der Waals surface area contributed by atoms with E-state index in [1.807, 2.05) is 0 Å². The molecule has 3 heterocycles. The summed E-state index contributed by atoms with van der Waals surface area (Å²) in [7, 11) is -3.40. The molecule has 2 atom stereocenters. The molecule has 94 valence electrons. The first-order valence-electron chi connectivity index (χ1n) is 5.90. The topological polar surface area (TPSA) is 78.1 Å². The molecule has 6 nitrogen and oxygen atoms in total. The van der Waals surface area contributed by atoms with E-state index in [4.69, 9.17) is 0 Å². The van der Waals surface area contributed by atoms with Crippen LogP contribution in [-0.4, -0.2) is 48.4 Å². The van der Waals surface area contributed by atoms with Crippen molar-refractivity contribution in [1.82, 2.24) is 19.6 Å². The number of piperidine rings is 1. The lowest BCUT2D eigenvalue weighted by Gasteiger charge is -2.35. The molecule has 2 N–H and O–H groups in total. The number of aromatic nitrogens is 2. The van der Waals surface area contributed by atoms with E-state index in [1.54, 1.807) is 4.31 Å². The fourth-order valence-corrected chi connectivity index (χ4v) is 4.46. The minimum atomic E-state index is -3.40. The van der Waals surface area contributed by atoms with Gasteiger partial charge in [0.25, 0.3) is 10.0 Å². The molecule has 1 aromatic rings. The van der Waals surface area contributed by atoms with Gasteiger partial charge in [-0.1, -0.05) is 0 Å². The molecule has 2 unspecified atom stereocenters. The van der Waals surface area contributed by atoms with E-state index in [9.17, 15) is 8.42 Å². The lowest BCUT2D eigenvalue weighted by molar-refractivity contribution is 0.217. The Kier molecular flexibility index (Phi) is 2.68. The van der Waals surface area contributed by atoms with Crippen LogP contribution in [0.1, 0.15) is 12.8 Å². The van der Waals surface area contributed by atoms with Gasteiger partial charge in [-0.25, -0.2) is 13.4 Å². The van der Waals surface area contributed by atoms with Gasteiger partial charge in [-0.3, -0.25) is 0 Å². The largest absolute Gasteiger partial charge is 0.335 e. The summed E-state index contributed by atoms with van der Waals surface area (Å²) in [6.45, 7) is 2.31. The quantitative estimate of drug-likeness (QED) is 0.767. The maximum Gasteiger partial charge on any atom is 0.260 e. The van der Waals surface area contributed by atoms with Crippen LogP contribution < -0.4 is 5.32 Å². The summed E-state index contributed by atoms with van der Waals surface area (Å²) in [5.41, 5.74) is 0. The number of nitrogens with one attached hydrogen (secondary N) is 2. The van der Waals surface area contributed by atoms with Crippen molar-refractivity contribution < 1.29 is 8.42 Å². The molecule has 2 fully saturated rings. The monoisotopic (exact) mass is 256 g/mol. The minimum Gasteiger partial charge on any atom is -0.335 e. The Labute approximate surface area is 100 Å². The van der Waals surface area contributed by atoms with Crippen LogP contribution in [0.25, 0.3) is 0 Å². The van der Waals surface area contributed by atoms with Gasteiger partial charge in [-0.15, -0.1) is 0 Å². The van der Waals surface area contributed by atoms with E-state index in [1.165, 1.54) is 12.5 Å². The molecule has 2 aliphatic heterocycles. The van der Waals surface area contributed by atoms with Crippen molar-refractivity contribution in [3.63, 3.8) is 0 Å². The summed E-state index contributed by atoms with van der Waals surface area (Å²) in [5, 5.41) is 3.48. The summed E-state index contributed by atoms with van der Waals surface area (Å²) >= 11 is 0.